The first-order valence-corrected chi connectivity index (χ1v) is 9.59. The van der Waals surface area contributed by atoms with Crippen LogP contribution in [0.4, 0.5) is 0 Å². The molecule has 5 nitrogen and oxygen atoms in total. The zero-order valence-electron chi connectivity index (χ0n) is 15.4. The summed E-state index contributed by atoms with van der Waals surface area (Å²) in [6.07, 6.45) is 2.76. The van der Waals surface area contributed by atoms with Gasteiger partial charge >= 0.3 is 0 Å². The predicted molar refractivity (Wildman–Crippen MR) is 110 cm³/mol. The van der Waals surface area contributed by atoms with Crippen LogP contribution in [0, 0.1) is 6.92 Å². The van der Waals surface area contributed by atoms with Crippen LogP contribution < -0.4 is 15.2 Å². The Kier molecular flexibility index (Phi) is 6.19. The third-order valence-corrected chi connectivity index (χ3v) is 4.77. The molecule has 1 heterocycles. The minimum absolute atomic E-state index is 0.283. The highest BCUT2D eigenvalue weighted by Crippen LogP contribution is 2.26. The molecule has 3 rings (SSSR count). The molecule has 0 atom stereocenters. The third-order valence-electron chi connectivity index (χ3n) is 3.95. The summed E-state index contributed by atoms with van der Waals surface area (Å²) in [5.41, 5.74) is 8.90. The van der Waals surface area contributed by atoms with Crippen LogP contribution >= 0.6 is 11.8 Å². The highest BCUT2D eigenvalue weighted by atomic mass is 32.2. The summed E-state index contributed by atoms with van der Waals surface area (Å²) >= 11 is 1.18. The first kappa shape index (κ1) is 19.0. The molecule has 0 saturated carbocycles. The topological polar surface area (TPSA) is 73.9 Å². The minimum Gasteiger partial charge on any atom is -0.490 e. The molecular formula is C21H22N2O3S. The largest absolute Gasteiger partial charge is 0.490 e. The average molecular weight is 382 g/mol. The van der Waals surface area contributed by atoms with Crippen LogP contribution in [0.1, 0.15) is 23.6 Å². The fraction of sp³-hybridized carbons (Fsp3) is 0.238. The molecule has 0 saturated heterocycles. The van der Waals surface area contributed by atoms with Gasteiger partial charge in [0.2, 0.25) is 0 Å². The summed E-state index contributed by atoms with van der Waals surface area (Å²) in [5.74, 6) is 1.33. The number of benzene rings is 2. The quantitative estimate of drug-likeness (QED) is 0.580. The predicted octanol–water partition coefficient (Wildman–Crippen LogP) is 3.94. The number of rotatable bonds is 7. The second kappa shape index (κ2) is 8.77. The van der Waals surface area contributed by atoms with Crippen LogP contribution in [0.15, 0.2) is 52.4 Å². The van der Waals surface area contributed by atoms with Gasteiger partial charge in [0.25, 0.3) is 5.91 Å². The highest BCUT2D eigenvalue weighted by molar-refractivity contribution is 8.18. The number of carbonyl (C=O) groups excluding carboxylic acids is 1. The van der Waals surface area contributed by atoms with E-state index in [9.17, 15) is 4.79 Å². The number of nitrogens with two attached hydrogens (primary N) is 1. The Morgan fingerprint density at radius 2 is 1.78 bits per heavy atom. The molecule has 140 valence electrons. The lowest BCUT2D eigenvalue weighted by Gasteiger charge is -2.10. The molecule has 2 N–H and O–H groups in total. The molecule has 0 unspecified atom stereocenters. The van der Waals surface area contributed by atoms with Crippen LogP contribution in [0.5, 0.6) is 11.5 Å². The zero-order chi connectivity index (χ0) is 19.2. The van der Waals surface area contributed by atoms with Gasteiger partial charge in [-0.2, -0.15) is 4.99 Å². The summed E-state index contributed by atoms with van der Waals surface area (Å²) in [6.45, 7) is 5.12. The molecule has 0 aliphatic carbocycles. The van der Waals surface area contributed by atoms with Crippen LogP contribution in [0.3, 0.4) is 0 Å². The lowest BCUT2D eigenvalue weighted by molar-refractivity contribution is -0.113. The number of aryl methyl sites for hydroxylation is 2. The molecule has 1 aliphatic rings. The summed E-state index contributed by atoms with van der Waals surface area (Å²) in [4.78, 5) is 15.8. The number of thioether (sulfide) groups is 1. The van der Waals surface area contributed by atoms with Crippen molar-refractivity contribution in [3.05, 3.63) is 64.1 Å². The van der Waals surface area contributed by atoms with Crippen molar-refractivity contribution in [2.45, 2.75) is 20.3 Å². The number of hydrogen-bond donors (Lipinski definition) is 1. The van der Waals surface area contributed by atoms with Gasteiger partial charge in [0, 0.05) is 0 Å². The second-order valence-corrected chi connectivity index (χ2v) is 7.20. The monoisotopic (exact) mass is 382 g/mol. The number of amidine groups is 1. The maximum atomic E-state index is 11.6. The lowest BCUT2D eigenvalue weighted by Crippen LogP contribution is -2.09. The van der Waals surface area contributed by atoms with Gasteiger partial charge in [-0.3, -0.25) is 4.79 Å². The summed E-state index contributed by atoms with van der Waals surface area (Å²) < 4.78 is 11.5. The zero-order valence-corrected chi connectivity index (χ0v) is 16.2. The van der Waals surface area contributed by atoms with E-state index in [-0.39, 0.29) is 11.1 Å². The molecule has 2 aromatic carbocycles. The van der Waals surface area contributed by atoms with Crippen molar-refractivity contribution < 1.29 is 14.3 Å². The molecule has 0 bridgehead atoms. The number of hydrogen-bond acceptors (Lipinski definition) is 5. The minimum atomic E-state index is -0.294. The van der Waals surface area contributed by atoms with E-state index in [0.717, 1.165) is 23.5 Å². The van der Waals surface area contributed by atoms with Crippen molar-refractivity contribution in [2.24, 2.45) is 10.7 Å². The van der Waals surface area contributed by atoms with Crippen LogP contribution in [0.25, 0.3) is 6.08 Å². The number of nitrogens with zero attached hydrogens (tertiary/aromatic N) is 1. The van der Waals surface area contributed by atoms with Gasteiger partial charge in [-0.25, -0.2) is 0 Å². The van der Waals surface area contributed by atoms with Gasteiger partial charge in [0.15, 0.2) is 5.17 Å². The van der Waals surface area contributed by atoms with Crippen LogP contribution in [-0.2, 0) is 11.2 Å². The Bertz CT molecular complexity index is 889. The maximum absolute atomic E-state index is 11.6. The maximum Gasteiger partial charge on any atom is 0.286 e. The van der Waals surface area contributed by atoms with Gasteiger partial charge in [-0.1, -0.05) is 25.1 Å². The van der Waals surface area contributed by atoms with E-state index < -0.39 is 0 Å². The van der Waals surface area contributed by atoms with E-state index in [1.165, 1.54) is 22.9 Å². The standard InChI is InChI=1S/C21H22N2O3S/c1-3-15-10-14(2)11-18(12-15)26-9-8-25-17-6-4-16(5-7-17)13-19-20(24)23-21(22)27-19/h4-7,10-13H,3,8-9H2,1-2H3,(H2,22,23,24). The molecule has 2 aromatic rings. The molecule has 0 radical (unpaired) electrons. The molecular weight excluding hydrogens is 360 g/mol. The fourth-order valence-corrected chi connectivity index (χ4v) is 3.35. The third kappa shape index (κ3) is 5.37. The van der Waals surface area contributed by atoms with E-state index in [4.69, 9.17) is 15.2 Å². The van der Waals surface area contributed by atoms with Crippen molar-refractivity contribution in [1.82, 2.24) is 0 Å². The van der Waals surface area contributed by atoms with Gasteiger partial charge in [-0.05, 0) is 72.1 Å². The van der Waals surface area contributed by atoms with Crippen molar-refractivity contribution >= 4 is 28.9 Å². The second-order valence-electron chi connectivity index (χ2n) is 6.14. The van der Waals surface area contributed by atoms with Crippen LogP contribution in [0.2, 0.25) is 0 Å². The first-order valence-electron chi connectivity index (χ1n) is 8.78. The van der Waals surface area contributed by atoms with E-state index in [2.05, 4.69) is 31.0 Å². The Hall–Kier alpha value is -2.73. The number of amides is 1. The van der Waals surface area contributed by atoms with Crippen molar-refractivity contribution in [3.63, 3.8) is 0 Å². The Morgan fingerprint density at radius 3 is 2.41 bits per heavy atom. The Labute approximate surface area is 163 Å². The molecule has 27 heavy (non-hydrogen) atoms. The highest BCUT2D eigenvalue weighted by Gasteiger charge is 2.19. The molecule has 0 spiro atoms. The summed E-state index contributed by atoms with van der Waals surface area (Å²) in [5, 5.41) is 0.283. The Balaban J connectivity index is 1.49. The molecule has 1 amide bonds. The van der Waals surface area contributed by atoms with Crippen LogP contribution in [-0.4, -0.2) is 24.3 Å². The normalized spacial score (nSPS) is 15.1. The number of aliphatic imine (C=N–C) groups is 1. The Morgan fingerprint density at radius 1 is 1.07 bits per heavy atom. The number of ether oxygens (including phenoxy) is 2. The molecule has 1 aliphatic heterocycles. The SMILES string of the molecule is CCc1cc(C)cc(OCCOc2ccc(C=C3SC(N)=NC3=O)cc2)c1. The van der Waals surface area contributed by atoms with Crippen molar-refractivity contribution in [2.75, 3.05) is 13.2 Å². The van der Waals surface area contributed by atoms with Gasteiger partial charge < -0.3 is 15.2 Å². The smallest absolute Gasteiger partial charge is 0.286 e. The summed E-state index contributed by atoms with van der Waals surface area (Å²) in [7, 11) is 0. The lowest BCUT2D eigenvalue weighted by atomic mass is 10.1. The molecule has 6 heteroatoms. The van der Waals surface area contributed by atoms with Crippen molar-refractivity contribution in [3.8, 4) is 11.5 Å². The van der Waals surface area contributed by atoms with Gasteiger partial charge in [0.05, 0.1) is 4.91 Å². The molecule has 0 aromatic heterocycles. The van der Waals surface area contributed by atoms with Gasteiger partial charge in [-0.15, -0.1) is 0 Å². The van der Waals surface area contributed by atoms with E-state index in [1.807, 2.05) is 30.3 Å². The molecule has 0 fully saturated rings. The summed E-state index contributed by atoms with van der Waals surface area (Å²) in [6, 6.07) is 13.8. The average Bonchev–Trinajstić information content (AvgIpc) is 2.96. The number of carbonyl (C=O) groups is 1. The fourth-order valence-electron chi connectivity index (χ4n) is 2.67. The first-order chi connectivity index (χ1) is 13.0. The van der Waals surface area contributed by atoms with E-state index in [0.29, 0.717) is 18.1 Å². The van der Waals surface area contributed by atoms with E-state index in [1.54, 1.807) is 6.08 Å². The van der Waals surface area contributed by atoms with Gasteiger partial charge in [0.1, 0.15) is 24.7 Å². The van der Waals surface area contributed by atoms with E-state index >= 15 is 0 Å². The van der Waals surface area contributed by atoms with Crippen molar-refractivity contribution in [1.29, 1.82) is 0 Å².